The predicted molar refractivity (Wildman–Crippen MR) is 79.0 cm³/mol. The minimum Gasteiger partial charge on any atom is -0.334 e. The molecule has 2 unspecified atom stereocenters. The number of hydrogen-bond donors (Lipinski definition) is 0. The minimum atomic E-state index is -0.289. The Bertz CT molecular complexity index is 474. The Hall–Kier alpha value is -2.17. The molecule has 0 N–H and O–H groups in total. The molecule has 1 aliphatic carbocycles. The number of rotatable bonds is 6. The van der Waals surface area contributed by atoms with Crippen LogP contribution in [0.15, 0.2) is 37.5 Å². The van der Waals surface area contributed by atoms with E-state index in [0.717, 1.165) is 4.90 Å². The third-order valence-corrected chi connectivity index (χ3v) is 3.94. The molecular weight excluding hydrogens is 268 g/mol. The van der Waals surface area contributed by atoms with Gasteiger partial charge in [-0.25, -0.2) is 0 Å². The number of amides is 3. The van der Waals surface area contributed by atoms with E-state index in [1.165, 1.54) is 4.90 Å². The van der Waals surface area contributed by atoms with E-state index in [9.17, 15) is 14.4 Å². The van der Waals surface area contributed by atoms with Crippen LogP contribution in [0.2, 0.25) is 0 Å². The Morgan fingerprint density at radius 3 is 2.05 bits per heavy atom. The second-order valence-corrected chi connectivity index (χ2v) is 5.29. The molecule has 1 heterocycles. The fourth-order valence-corrected chi connectivity index (χ4v) is 2.85. The van der Waals surface area contributed by atoms with Gasteiger partial charge in [0.15, 0.2) is 0 Å². The summed E-state index contributed by atoms with van der Waals surface area (Å²) >= 11 is 0. The van der Waals surface area contributed by atoms with Crippen molar-refractivity contribution in [1.29, 1.82) is 0 Å². The van der Waals surface area contributed by atoms with E-state index in [-0.39, 0.29) is 36.1 Å². The van der Waals surface area contributed by atoms with Crippen molar-refractivity contribution in [3.63, 3.8) is 0 Å². The van der Waals surface area contributed by atoms with Gasteiger partial charge in [-0.05, 0) is 12.8 Å². The lowest BCUT2D eigenvalue weighted by Crippen LogP contribution is -2.43. The molecule has 0 radical (unpaired) electrons. The Morgan fingerprint density at radius 1 is 1.14 bits per heavy atom. The Labute approximate surface area is 124 Å². The van der Waals surface area contributed by atoms with Crippen molar-refractivity contribution in [2.45, 2.75) is 12.8 Å². The molecule has 0 bridgehead atoms. The lowest BCUT2D eigenvalue weighted by molar-refractivity contribution is -0.146. The van der Waals surface area contributed by atoms with E-state index in [4.69, 9.17) is 0 Å². The molecule has 1 saturated heterocycles. The van der Waals surface area contributed by atoms with E-state index in [2.05, 4.69) is 13.2 Å². The maximum atomic E-state index is 12.3. The number of fused-ring (bicyclic) bond motifs is 1. The SMILES string of the molecule is C=CCN(CC=C)C(=O)CN1C(=O)C2CC=CCC2C1=O. The third kappa shape index (κ3) is 2.96. The van der Waals surface area contributed by atoms with Crippen molar-refractivity contribution >= 4 is 17.7 Å². The summed E-state index contributed by atoms with van der Waals surface area (Å²) in [6.07, 6.45) is 8.25. The van der Waals surface area contributed by atoms with Gasteiger partial charge in [0, 0.05) is 13.1 Å². The zero-order valence-corrected chi connectivity index (χ0v) is 12.0. The van der Waals surface area contributed by atoms with Crippen molar-refractivity contribution in [3.05, 3.63) is 37.5 Å². The molecule has 2 rings (SSSR count). The summed E-state index contributed by atoms with van der Waals surface area (Å²) in [5, 5.41) is 0. The highest BCUT2D eigenvalue weighted by molar-refractivity contribution is 6.07. The highest BCUT2D eigenvalue weighted by Gasteiger charge is 2.47. The molecule has 0 aromatic heterocycles. The quantitative estimate of drug-likeness (QED) is 0.544. The van der Waals surface area contributed by atoms with Crippen molar-refractivity contribution < 1.29 is 14.4 Å². The first-order valence-electron chi connectivity index (χ1n) is 7.10. The van der Waals surface area contributed by atoms with Gasteiger partial charge in [-0.15, -0.1) is 13.2 Å². The van der Waals surface area contributed by atoms with Gasteiger partial charge < -0.3 is 4.90 Å². The number of allylic oxidation sites excluding steroid dienone is 2. The highest BCUT2D eigenvalue weighted by Crippen LogP contribution is 2.34. The van der Waals surface area contributed by atoms with Crippen LogP contribution >= 0.6 is 0 Å². The molecule has 2 atom stereocenters. The van der Waals surface area contributed by atoms with Gasteiger partial charge in [0.05, 0.1) is 11.8 Å². The van der Waals surface area contributed by atoms with Gasteiger partial charge in [0.1, 0.15) is 6.54 Å². The molecule has 112 valence electrons. The van der Waals surface area contributed by atoms with E-state index in [1.807, 2.05) is 12.2 Å². The summed E-state index contributed by atoms with van der Waals surface area (Å²) in [6, 6.07) is 0. The van der Waals surface area contributed by atoms with Crippen LogP contribution in [0.3, 0.4) is 0 Å². The first-order valence-corrected chi connectivity index (χ1v) is 7.10. The van der Waals surface area contributed by atoms with E-state index in [0.29, 0.717) is 25.9 Å². The first kappa shape index (κ1) is 15.2. The highest BCUT2D eigenvalue weighted by atomic mass is 16.2. The van der Waals surface area contributed by atoms with Crippen LogP contribution in [0, 0.1) is 11.8 Å². The van der Waals surface area contributed by atoms with Crippen molar-refractivity contribution in [2.24, 2.45) is 11.8 Å². The second-order valence-electron chi connectivity index (χ2n) is 5.29. The predicted octanol–water partition coefficient (Wildman–Crippen LogP) is 1.14. The molecule has 0 aromatic rings. The lowest BCUT2D eigenvalue weighted by Gasteiger charge is -2.22. The summed E-state index contributed by atoms with van der Waals surface area (Å²) in [5.74, 6) is -1.28. The average Bonchev–Trinajstić information content (AvgIpc) is 2.72. The molecule has 0 spiro atoms. The summed E-state index contributed by atoms with van der Waals surface area (Å²) in [7, 11) is 0. The zero-order chi connectivity index (χ0) is 15.4. The Kier molecular flexibility index (Phi) is 4.73. The van der Waals surface area contributed by atoms with Crippen LogP contribution in [0.5, 0.6) is 0 Å². The van der Waals surface area contributed by atoms with Gasteiger partial charge in [-0.1, -0.05) is 24.3 Å². The molecular formula is C16H20N2O3. The first-order chi connectivity index (χ1) is 10.1. The van der Waals surface area contributed by atoms with Gasteiger partial charge in [0.2, 0.25) is 17.7 Å². The number of carbonyl (C=O) groups excluding carboxylic acids is 3. The average molecular weight is 288 g/mol. The van der Waals surface area contributed by atoms with Crippen molar-refractivity contribution in [1.82, 2.24) is 9.80 Å². The zero-order valence-electron chi connectivity index (χ0n) is 12.0. The van der Waals surface area contributed by atoms with Crippen molar-refractivity contribution in [3.8, 4) is 0 Å². The minimum absolute atomic E-state index is 0.188. The molecule has 5 nitrogen and oxygen atoms in total. The topological polar surface area (TPSA) is 57.7 Å². The Morgan fingerprint density at radius 2 is 1.62 bits per heavy atom. The van der Waals surface area contributed by atoms with E-state index < -0.39 is 0 Å². The summed E-state index contributed by atoms with van der Waals surface area (Å²) in [6.45, 7) is 7.76. The number of carbonyl (C=O) groups is 3. The smallest absolute Gasteiger partial charge is 0.243 e. The fraction of sp³-hybridized carbons (Fsp3) is 0.438. The maximum absolute atomic E-state index is 12.3. The van der Waals surface area contributed by atoms with Gasteiger partial charge in [-0.2, -0.15) is 0 Å². The van der Waals surface area contributed by atoms with Crippen LogP contribution < -0.4 is 0 Å². The third-order valence-electron chi connectivity index (χ3n) is 3.94. The molecule has 3 amide bonds. The lowest BCUT2D eigenvalue weighted by atomic mass is 9.85. The fourth-order valence-electron chi connectivity index (χ4n) is 2.85. The molecule has 5 heteroatoms. The van der Waals surface area contributed by atoms with Gasteiger partial charge in [0.25, 0.3) is 0 Å². The van der Waals surface area contributed by atoms with Crippen LogP contribution in [0.25, 0.3) is 0 Å². The van der Waals surface area contributed by atoms with Gasteiger partial charge >= 0.3 is 0 Å². The maximum Gasteiger partial charge on any atom is 0.243 e. The number of hydrogen-bond acceptors (Lipinski definition) is 3. The van der Waals surface area contributed by atoms with Crippen LogP contribution in [0.1, 0.15) is 12.8 Å². The van der Waals surface area contributed by atoms with Crippen LogP contribution in [0.4, 0.5) is 0 Å². The normalized spacial score (nSPS) is 23.9. The largest absolute Gasteiger partial charge is 0.334 e. The molecule has 0 aromatic carbocycles. The standard InChI is InChI=1S/C16H20N2O3/c1-3-9-17(10-4-2)14(19)11-18-15(20)12-7-5-6-8-13(12)16(18)21/h3-6,12-13H,1-2,7-11H2. The summed E-state index contributed by atoms with van der Waals surface area (Å²) < 4.78 is 0. The Balaban J connectivity index is 2.06. The van der Waals surface area contributed by atoms with Crippen molar-refractivity contribution in [2.75, 3.05) is 19.6 Å². The molecule has 1 aliphatic heterocycles. The van der Waals surface area contributed by atoms with Crippen LogP contribution in [-0.4, -0.2) is 47.2 Å². The number of likely N-dealkylation sites (tertiary alicyclic amines) is 1. The molecule has 21 heavy (non-hydrogen) atoms. The summed E-state index contributed by atoms with van der Waals surface area (Å²) in [4.78, 5) is 39.4. The second kappa shape index (κ2) is 6.52. The van der Waals surface area contributed by atoms with Crippen LogP contribution in [-0.2, 0) is 14.4 Å². The monoisotopic (exact) mass is 288 g/mol. The summed E-state index contributed by atoms with van der Waals surface area (Å²) in [5.41, 5.74) is 0. The molecule has 2 aliphatic rings. The van der Waals surface area contributed by atoms with E-state index in [1.54, 1.807) is 12.2 Å². The molecule has 0 saturated carbocycles. The van der Waals surface area contributed by atoms with Gasteiger partial charge in [-0.3, -0.25) is 19.3 Å². The number of nitrogens with zero attached hydrogens (tertiary/aromatic N) is 2. The number of imide groups is 1. The molecule has 1 fully saturated rings. The van der Waals surface area contributed by atoms with E-state index >= 15 is 0 Å².